The Labute approximate surface area is 117 Å². The molecular formula is C15H17NO4. The molecule has 0 spiro atoms. The molecule has 2 rings (SSSR count). The third-order valence-corrected chi connectivity index (χ3v) is 3.29. The van der Waals surface area contributed by atoms with Gasteiger partial charge in [0, 0.05) is 17.7 Å². The number of hydrogen-bond acceptors (Lipinski definition) is 4. The Kier molecular flexibility index (Phi) is 4.50. The monoisotopic (exact) mass is 275 g/mol. The van der Waals surface area contributed by atoms with Crippen molar-refractivity contribution in [3.8, 4) is 0 Å². The van der Waals surface area contributed by atoms with Crippen LogP contribution in [0.25, 0.3) is 5.76 Å². The highest BCUT2D eigenvalue weighted by Crippen LogP contribution is 2.32. The molecule has 1 heterocycles. The average molecular weight is 275 g/mol. The minimum Gasteiger partial charge on any atom is -0.423 e. The Hall–Kier alpha value is -2.17. The first kappa shape index (κ1) is 14.2. The van der Waals surface area contributed by atoms with Crippen LogP contribution in [-0.2, 0) is 4.74 Å². The molecule has 1 aliphatic heterocycles. The molecule has 0 radical (unpaired) electrons. The summed E-state index contributed by atoms with van der Waals surface area (Å²) in [6, 6.07) is 4.25. The van der Waals surface area contributed by atoms with Crippen LogP contribution in [-0.4, -0.2) is 10.9 Å². The Bertz CT molecular complexity index is 563. The van der Waals surface area contributed by atoms with E-state index >= 15 is 0 Å². The number of fused-ring (bicyclic) bond motifs is 1. The maximum Gasteiger partial charge on any atom is 0.344 e. The van der Waals surface area contributed by atoms with E-state index in [4.69, 9.17) is 4.74 Å². The van der Waals surface area contributed by atoms with Crippen molar-refractivity contribution >= 4 is 17.4 Å². The largest absolute Gasteiger partial charge is 0.423 e. The van der Waals surface area contributed by atoms with E-state index < -0.39 is 10.9 Å². The lowest BCUT2D eigenvalue weighted by molar-refractivity contribution is -0.384. The molecule has 20 heavy (non-hydrogen) atoms. The standard InChI is InChI=1S/C15H17NO4/c1-2-3-4-5-6-7-14-12-9-8-11(16(18)19)10-13(12)15(17)20-14/h7-10H,2-6H2,1H3/b14-7+. The number of hydrogen-bond donors (Lipinski definition) is 0. The summed E-state index contributed by atoms with van der Waals surface area (Å²) in [5.74, 6) is 0.0138. The van der Waals surface area contributed by atoms with Crippen molar-refractivity contribution in [3.63, 3.8) is 0 Å². The number of unbranched alkanes of at least 4 members (excludes halogenated alkanes) is 4. The predicted molar refractivity (Wildman–Crippen MR) is 75.2 cm³/mol. The van der Waals surface area contributed by atoms with Crippen molar-refractivity contribution in [2.75, 3.05) is 0 Å². The first-order valence-electron chi connectivity index (χ1n) is 6.84. The molecule has 0 saturated heterocycles. The molecule has 106 valence electrons. The lowest BCUT2D eigenvalue weighted by atomic mass is 10.1. The molecule has 0 amide bonds. The van der Waals surface area contributed by atoms with Crippen LogP contribution in [0.15, 0.2) is 24.3 Å². The molecule has 0 aromatic heterocycles. The number of ether oxygens (including phenoxy) is 1. The van der Waals surface area contributed by atoms with Gasteiger partial charge >= 0.3 is 5.97 Å². The molecule has 5 heteroatoms. The van der Waals surface area contributed by atoms with Crippen LogP contribution in [0.3, 0.4) is 0 Å². The van der Waals surface area contributed by atoms with Crippen molar-refractivity contribution in [3.05, 3.63) is 45.5 Å². The van der Waals surface area contributed by atoms with Crippen molar-refractivity contribution < 1.29 is 14.5 Å². The smallest absolute Gasteiger partial charge is 0.344 e. The van der Waals surface area contributed by atoms with Gasteiger partial charge in [-0.3, -0.25) is 10.1 Å². The Balaban J connectivity index is 2.12. The van der Waals surface area contributed by atoms with Gasteiger partial charge in [-0.05, 0) is 25.0 Å². The predicted octanol–water partition coefficient (Wildman–Crippen LogP) is 4.08. The van der Waals surface area contributed by atoms with E-state index in [1.165, 1.54) is 25.0 Å². The third-order valence-electron chi connectivity index (χ3n) is 3.29. The van der Waals surface area contributed by atoms with Crippen LogP contribution in [0, 0.1) is 10.1 Å². The third kappa shape index (κ3) is 3.04. The first-order valence-corrected chi connectivity index (χ1v) is 6.84. The number of carbonyl (C=O) groups excluding carboxylic acids is 1. The van der Waals surface area contributed by atoms with E-state index in [-0.39, 0.29) is 11.3 Å². The molecule has 0 bridgehead atoms. The van der Waals surface area contributed by atoms with Crippen molar-refractivity contribution in [1.82, 2.24) is 0 Å². The highest BCUT2D eigenvalue weighted by Gasteiger charge is 2.28. The number of benzene rings is 1. The number of nitro groups is 1. The summed E-state index contributed by atoms with van der Waals surface area (Å²) in [5, 5.41) is 10.7. The summed E-state index contributed by atoms with van der Waals surface area (Å²) < 4.78 is 5.17. The highest BCUT2D eigenvalue weighted by molar-refractivity contribution is 6.03. The maximum absolute atomic E-state index is 11.7. The van der Waals surface area contributed by atoms with E-state index in [1.807, 2.05) is 6.08 Å². The molecule has 0 N–H and O–H groups in total. The van der Waals surface area contributed by atoms with Gasteiger partial charge in [0.05, 0.1) is 10.5 Å². The molecule has 1 aromatic carbocycles. The Morgan fingerprint density at radius 2 is 2.05 bits per heavy atom. The maximum atomic E-state index is 11.7. The van der Waals surface area contributed by atoms with E-state index in [0.29, 0.717) is 11.3 Å². The fourth-order valence-electron chi connectivity index (χ4n) is 2.20. The van der Waals surface area contributed by atoms with Gasteiger partial charge in [-0.25, -0.2) is 4.79 Å². The fraction of sp³-hybridized carbons (Fsp3) is 0.400. The number of non-ortho nitro benzene ring substituents is 1. The van der Waals surface area contributed by atoms with Crippen molar-refractivity contribution in [2.45, 2.75) is 39.0 Å². The SMILES string of the molecule is CCCCCC/C=C1/OC(=O)c2cc([N+](=O)[O-])ccc21. The number of carbonyl (C=O) groups is 1. The molecular weight excluding hydrogens is 258 g/mol. The zero-order valence-electron chi connectivity index (χ0n) is 11.4. The van der Waals surface area contributed by atoms with E-state index in [2.05, 4.69) is 6.92 Å². The molecule has 0 atom stereocenters. The average Bonchev–Trinajstić information content (AvgIpc) is 2.75. The molecule has 5 nitrogen and oxygen atoms in total. The van der Waals surface area contributed by atoms with Gasteiger partial charge in [-0.1, -0.05) is 26.2 Å². The van der Waals surface area contributed by atoms with Gasteiger partial charge in [0.1, 0.15) is 5.76 Å². The van der Waals surface area contributed by atoms with Gasteiger partial charge in [0.25, 0.3) is 5.69 Å². The summed E-state index contributed by atoms with van der Waals surface area (Å²) >= 11 is 0. The lowest BCUT2D eigenvalue weighted by Gasteiger charge is -1.99. The quantitative estimate of drug-likeness (QED) is 0.339. The number of nitrogens with zero attached hydrogens (tertiary/aromatic N) is 1. The summed E-state index contributed by atoms with van der Waals surface area (Å²) in [6.45, 7) is 2.15. The van der Waals surface area contributed by atoms with Crippen LogP contribution >= 0.6 is 0 Å². The highest BCUT2D eigenvalue weighted by atomic mass is 16.6. The minimum atomic E-state index is -0.514. The summed E-state index contributed by atoms with van der Waals surface area (Å²) in [6.07, 6.45) is 7.33. The molecule has 1 aliphatic rings. The Morgan fingerprint density at radius 1 is 1.25 bits per heavy atom. The zero-order chi connectivity index (χ0) is 14.5. The zero-order valence-corrected chi connectivity index (χ0v) is 11.4. The van der Waals surface area contributed by atoms with Gasteiger partial charge < -0.3 is 4.74 Å². The second-order valence-electron chi connectivity index (χ2n) is 4.79. The van der Waals surface area contributed by atoms with Crippen molar-refractivity contribution in [2.24, 2.45) is 0 Å². The minimum absolute atomic E-state index is 0.0927. The van der Waals surface area contributed by atoms with Crippen LogP contribution < -0.4 is 0 Å². The van der Waals surface area contributed by atoms with Gasteiger partial charge in [0.15, 0.2) is 0 Å². The number of rotatable bonds is 6. The second-order valence-corrected chi connectivity index (χ2v) is 4.79. The van der Waals surface area contributed by atoms with Crippen LogP contribution in [0.1, 0.15) is 54.9 Å². The van der Waals surface area contributed by atoms with E-state index in [0.717, 1.165) is 19.3 Å². The van der Waals surface area contributed by atoms with Crippen LogP contribution in [0.5, 0.6) is 0 Å². The van der Waals surface area contributed by atoms with E-state index in [1.54, 1.807) is 6.07 Å². The molecule has 0 saturated carbocycles. The van der Waals surface area contributed by atoms with E-state index in [9.17, 15) is 14.9 Å². The van der Waals surface area contributed by atoms with Crippen LogP contribution in [0.4, 0.5) is 5.69 Å². The summed E-state index contributed by atoms with van der Waals surface area (Å²) in [5.41, 5.74) is 0.833. The molecule has 1 aromatic rings. The number of nitro benzene ring substituents is 1. The number of esters is 1. The van der Waals surface area contributed by atoms with Gasteiger partial charge in [-0.15, -0.1) is 0 Å². The summed E-state index contributed by atoms with van der Waals surface area (Å²) in [7, 11) is 0. The molecule has 0 fully saturated rings. The second kappa shape index (κ2) is 6.32. The molecule has 0 unspecified atom stereocenters. The first-order chi connectivity index (χ1) is 9.63. The number of cyclic esters (lactones) is 1. The Morgan fingerprint density at radius 3 is 2.75 bits per heavy atom. The normalized spacial score (nSPS) is 15.2. The van der Waals surface area contributed by atoms with Gasteiger partial charge in [-0.2, -0.15) is 0 Å². The number of allylic oxidation sites excluding steroid dienone is 1. The fourth-order valence-corrected chi connectivity index (χ4v) is 2.20. The van der Waals surface area contributed by atoms with Gasteiger partial charge in [0.2, 0.25) is 0 Å². The molecule has 0 aliphatic carbocycles. The van der Waals surface area contributed by atoms with Crippen molar-refractivity contribution in [1.29, 1.82) is 0 Å². The summed E-state index contributed by atoms with van der Waals surface area (Å²) in [4.78, 5) is 21.9. The topological polar surface area (TPSA) is 69.4 Å². The lowest BCUT2D eigenvalue weighted by Crippen LogP contribution is -1.95. The van der Waals surface area contributed by atoms with Crippen LogP contribution in [0.2, 0.25) is 0 Å².